The number of hydrogen-bond donors (Lipinski definition) is 1. The summed E-state index contributed by atoms with van der Waals surface area (Å²) < 4.78 is 8.11. The van der Waals surface area contributed by atoms with Crippen LogP contribution in [0.4, 0.5) is 5.95 Å². The van der Waals surface area contributed by atoms with Crippen molar-refractivity contribution in [2.75, 3.05) is 12.8 Å². The van der Waals surface area contributed by atoms with E-state index in [0.717, 1.165) is 31.8 Å². The molecule has 22 heavy (non-hydrogen) atoms. The third-order valence-electron chi connectivity index (χ3n) is 3.51. The van der Waals surface area contributed by atoms with Gasteiger partial charge in [-0.2, -0.15) is 4.98 Å². The van der Waals surface area contributed by atoms with Crippen molar-refractivity contribution < 1.29 is 4.74 Å². The second kappa shape index (κ2) is 5.67. The van der Waals surface area contributed by atoms with Crippen molar-refractivity contribution in [3.63, 3.8) is 0 Å². The van der Waals surface area contributed by atoms with Crippen molar-refractivity contribution in [1.29, 1.82) is 0 Å². The lowest BCUT2D eigenvalue weighted by molar-refractivity contribution is 0.406. The lowest BCUT2D eigenvalue weighted by Gasteiger charge is -2.12. The van der Waals surface area contributed by atoms with Gasteiger partial charge < -0.3 is 15.0 Å². The van der Waals surface area contributed by atoms with Gasteiger partial charge in [0.05, 0.1) is 25.7 Å². The fraction of sp³-hybridized carbons (Fsp3) is 0.286. The molecule has 0 radical (unpaired) electrons. The molecule has 0 atom stereocenters. The number of nitrogen functional groups attached to an aromatic ring is 1. The van der Waals surface area contributed by atoms with Crippen LogP contribution in [0.25, 0.3) is 11.2 Å². The van der Waals surface area contributed by atoms with E-state index in [-0.39, 0.29) is 5.95 Å². The molecule has 0 aliphatic heterocycles. The minimum atomic E-state index is 0.241. The van der Waals surface area contributed by atoms with Crippen molar-refractivity contribution in [2.24, 2.45) is 0 Å². The molecule has 8 heteroatoms. The Morgan fingerprint density at radius 3 is 2.77 bits per heavy atom. The Kier molecular flexibility index (Phi) is 3.85. The molecule has 7 nitrogen and oxygen atoms in total. The van der Waals surface area contributed by atoms with Crippen LogP contribution in [-0.2, 0) is 6.54 Å². The normalized spacial score (nSPS) is 11.1. The standard InChI is InChI=1S/C14H15IN6O/c1-7-4-17-9(8(2)11(7)22-3)5-21-6-18-10-12(15)19-14(16)20-13(10)21/h4,6H,5H2,1-3H3,(H2,16,19,20). The molecule has 0 saturated heterocycles. The molecule has 3 aromatic heterocycles. The van der Waals surface area contributed by atoms with Crippen molar-refractivity contribution in [2.45, 2.75) is 20.4 Å². The Bertz CT molecular complexity index is 860. The van der Waals surface area contributed by atoms with E-state index in [1.165, 1.54) is 0 Å². The van der Waals surface area contributed by atoms with Crippen LogP contribution in [0.15, 0.2) is 12.5 Å². The molecule has 2 N–H and O–H groups in total. The number of aromatic nitrogens is 5. The maximum absolute atomic E-state index is 5.74. The molecule has 0 aliphatic carbocycles. The van der Waals surface area contributed by atoms with Gasteiger partial charge in [-0.15, -0.1) is 0 Å². The summed E-state index contributed by atoms with van der Waals surface area (Å²) in [5.41, 5.74) is 10.1. The summed E-state index contributed by atoms with van der Waals surface area (Å²) >= 11 is 2.11. The third-order valence-corrected chi connectivity index (χ3v) is 4.26. The van der Waals surface area contributed by atoms with Gasteiger partial charge in [-0.1, -0.05) is 0 Å². The number of methoxy groups -OCH3 is 1. The topological polar surface area (TPSA) is 91.7 Å². The van der Waals surface area contributed by atoms with E-state index < -0.39 is 0 Å². The molecule has 0 spiro atoms. The molecule has 0 amide bonds. The second-order valence-electron chi connectivity index (χ2n) is 4.96. The molecule has 0 fully saturated rings. The van der Waals surface area contributed by atoms with Gasteiger partial charge in [-0.25, -0.2) is 9.97 Å². The first-order valence-electron chi connectivity index (χ1n) is 6.64. The van der Waals surface area contributed by atoms with Gasteiger partial charge >= 0.3 is 0 Å². The highest BCUT2D eigenvalue weighted by molar-refractivity contribution is 14.1. The first-order chi connectivity index (χ1) is 10.5. The van der Waals surface area contributed by atoms with E-state index in [2.05, 4.69) is 42.5 Å². The number of fused-ring (bicyclic) bond motifs is 1. The molecule has 114 valence electrons. The molecule has 0 unspecified atom stereocenters. The van der Waals surface area contributed by atoms with E-state index >= 15 is 0 Å². The second-order valence-corrected chi connectivity index (χ2v) is 5.99. The van der Waals surface area contributed by atoms with Crippen LogP contribution in [0.3, 0.4) is 0 Å². The number of imidazole rings is 1. The molecule has 3 heterocycles. The largest absolute Gasteiger partial charge is 0.496 e. The van der Waals surface area contributed by atoms with Gasteiger partial charge in [0.25, 0.3) is 0 Å². The molecule has 3 rings (SSSR count). The first kappa shape index (κ1) is 14.9. The summed E-state index contributed by atoms with van der Waals surface area (Å²) in [5, 5.41) is 0. The third kappa shape index (κ3) is 2.47. The first-order valence-corrected chi connectivity index (χ1v) is 7.72. The quantitative estimate of drug-likeness (QED) is 0.525. The van der Waals surface area contributed by atoms with Gasteiger partial charge in [0, 0.05) is 17.3 Å². The molecular formula is C14H15IN6O. The van der Waals surface area contributed by atoms with Gasteiger partial charge in [0.15, 0.2) is 5.65 Å². The van der Waals surface area contributed by atoms with Crippen molar-refractivity contribution in [3.05, 3.63) is 33.0 Å². The Morgan fingerprint density at radius 2 is 2.05 bits per heavy atom. The molecule has 0 aliphatic rings. The summed E-state index contributed by atoms with van der Waals surface area (Å²) in [6.45, 7) is 4.53. The van der Waals surface area contributed by atoms with Crippen LogP contribution in [0.5, 0.6) is 5.75 Å². The zero-order valence-electron chi connectivity index (χ0n) is 12.5. The van der Waals surface area contributed by atoms with E-state index in [4.69, 9.17) is 10.5 Å². The summed E-state index contributed by atoms with van der Waals surface area (Å²) in [6.07, 6.45) is 3.54. The maximum Gasteiger partial charge on any atom is 0.223 e. The summed E-state index contributed by atoms with van der Waals surface area (Å²) in [5.74, 6) is 1.10. The molecular weight excluding hydrogens is 395 g/mol. The summed E-state index contributed by atoms with van der Waals surface area (Å²) in [7, 11) is 1.67. The van der Waals surface area contributed by atoms with Crippen LogP contribution in [0, 0.1) is 17.5 Å². The van der Waals surface area contributed by atoms with Crippen LogP contribution in [0.1, 0.15) is 16.8 Å². The van der Waals surface area contributed by atoms with Crippen molar-refractivity contribution >= 4 is 39.7 Å². The number of pyridine rings is 1. The highest BCUT2D eigenvalue weighted by Crippen LogP contribution is 2.25. The molecule has 3 aromatic rings. The zero-order chi connectivity index (χ0) is 15.9. The Balaban J connectivity index is 2.08. The lowest BCUT2D eigenvalue weighted by Crippen LogP contribution is -2.07. The number of anilines is 1. The number of halogens is 1. The molecule has 0 bridgehead atoms. The van der Waals surface area contributed by atoms with Crippen LogP contribution in [-0.4, -0.2) is 31.6 Å². The zero-order valence-corrected chi connectivity index (χ0v) is 14.6. The lowest BCUT2D eigenvalue weighted by atomic mass is 10.1. The van der Waals surface area contributed by atoms with Gasteiger partial charge in [0.2, 0.25) is 5.95 Å². The van der Waals surface area contributed by atoms with Gasteiger partial charge in [-0.05, 0) is 36.4 Å². The average Bonchev–Trinajstić information content (AvgIpc) is 2.86. The predicted molar refractivity (Wildman–Crippen MR) is 91.8 cm³/mol. The van der Waals surface area contributed by atoms with E-state index in [1.54, 1.807) is 13.4 Å². The van der Waals surface area contributed by atoms with Gasteiger partial charge in [-0.3, -0.25) is 4.98 Å². The summed E-state index contributed by atoms with van der Waals surface area (Å²) in [4.78, 5) is 17.3. The number of nitrogens with two attached hydrogens (primary N) is 1. The monoisotopic (exact) mass is 410 g/mol. The number of ether oxygens (including phenoxy) is 1. The number of nitrogens with zero attached hydrogens (tertiary/aromatic N) is 5. The summed E-state index contributed by atoms with van der Waals surface area (Å²) in [6, 6.07) is 0. The number of aryl methyl sites for hydroxylation is 1. The van der Waals surface area contributed by atoms with E-state index in [1.807, 2.05) is 24.6 Å². The Morgan fingerprint density at radius 1 is 1.27 bits per heavy atom. The Labute approximate surface area is 141 Å². The average molecular weight is 410 g/mol. The van der Waals surface area contributed by atoms with Crippen molar-refractivity contribution in [1.82, 2.24) is 24.5 Å². The van der Waals surface area contributed by atoms with E-state index in [9.17, 15) is 0 Å². The molecule has 0 aromatic carbocycles. The minimum absolute atomic E-state index is 0.241. The Hall–Kier alpha value is -1.97. The molecule has 0 saturated carbocycles. The highest BCUT2D eigenvalue weighted by atomic mass is 127. The van der Waals surface area contributed by atoms with Gasteiger partial charge in [0.1, 0.15) is 15.0 Å². The minimum Gasteiger partial charge on any atom is -0.496 e. The van der Waals surface area contributed by atoms with Crippen molar-refractivity contribution in [3.8, 4) is 5.75 Å². The fourth-order valence-corrected chi connectivity index (χ4v) is 3.06. The highest BCUT2D eigenvalue weighted by Gasteiger charge is 2.14. The van der Waals surface area contributed by atoms with E-state index in [0.29, 0.717) is 12.2 Å². The van der Waals surface area contributed by atoms with Crippen LogP contribution >= 0.6 is 22.6 Å². The SMILES string of the molecule is COc1c(C)cnc(Cn2cnc3c(I)nc(N)nc32)c1C. The number of hydrogen-bond acceptors (Lipinski definition) is 6. The predicted octanol–water partition coefficient (Wildman–Crippen LogP) is 2.08. The smallest absolute Gasteiger partial charge is 0.223 e. The fourth-order valence-electron chi connectivity index (χ4n) is 2.43. The van der Waals surface area contributed by atoms with Crippen LogP contribution in [0.2, 0.25) is 0 Å². The number of rotatable bonds is 3. The maximum atomic E-state index is 5.74. The van der Waals surface area contributed by atoms with Crippen LogP contribution < -0.4 is 10.5 Å².